The molecule has 3 nitrogen and oxygen atoms in total. The second kappa shape index (κ2) is 6.30. The van der Waals surface area contributed by atoms with Crippen LogP contribution in [0.1, 0.15) is 29.0 Å². The van der Waals surface area contributed by atoms with Gasteiger partial charge >= 0.3 is 0 Å². The Morgan fingerprint density at radius 1 is 1.11 bits per heavy atom. The first kappa shape index (κ1) is 14.2. The molecule has 0 unspecified atom stereocenters. The summed E-state index contributed by atoms with van der Waals surface area (Å²) >= 11 is 6.68. The fourth-order valence-electron chi connectivity index (χ4n) is 1.62. The Hall–Kier alpha value is -1.20. The molecule has 5 heteroatoms. The Bertz CT molecular complexity index is 567. The van der Waals surface area contributed by atoms with Crippen molar-refractivity contribution >= 4 is 37.8 Å². The first-order valence-corrected chi connectivity index (χ1v) is 7.33. The van der Waals surface area contributed by atoms with Gasteiger partial charge in [0, 0.05) is 15.1 Å². The summed E-state index contributed by atoms with van der Waals surface area (Å²) in [6.07, 6.45) is 1.61. The summed E-state index contributed by atoms with van der Waals surface area (Å²) in [6.45, 7) is 1.94. The van der Waals surface area contributed by atoms with Gasteiger partial charge < -0.3 is 5.32 Å². The van der Waals surface area contributed by atoms with Crippen LogP contribution in [0.3, 0.4) is 0 Å². The van der Waals surface area contributed by atoms with Gasteiger partial charge in [0.2, 0.25) is 0 Å². The van der Waals surface area contributed by atoms with Crippen molar-refractivity contribution < 1.29 is 4.79 Å². The zero-order chi connectivity index (χ0) is 13.8. The fourth-order valence-corrected chi connectivity index (χ4v) is 2.11. The molecule has 0 aliphatic rings. The number of nitrogens with zero attached hydrogens (tertiary/aromatic N) is 1. The van der Waals surface area contributed by atoms with Crippen molar-refractivity contribution in [3.63, 3.8) is 0 Å². The average Bonchev–Trinajstić information content (AvgIpc) is 2.40. The van der Waals surface area contributed by atoms with Gasteiger partial charge in [-0.25, -0.2) is 4.98 Å². The number of aromatic nitrogens is 1. The van der Waals surface area contributed by atoms with Crippen LogP contribution in [-0.4, -0.2) is 10.9 Å². The maximum atomic E-state index is 12.0. The van der Waals surface area contributed by atoms with E-state index >= 15 is 0 Å². The Kier molecular flexibility index (Phi) is 4.71. The minimum atomic E-state index is -0.178. The summed E-state index contributed by atoms with van der Waals surface area (Å²) in [5.74, 6) is -0.178. The van der Waals surface area contributed by atoms with E-state index in [1.54, 1.807) is 18.3 Å². The molecule has 0 aliphatic heterocycles. The molecule has 0 radical (unpaired) electrons. The Morgan fingerprint density at radius 3 is 2.32 bits per heavy atom. The normalized spacial score (nSPS) is 11.9. The molecule has 0 saturated heterocycles. The number of carbonyl (C=O) groups is 1. The van der Waals surface area contributed by atoms with E-state index in [0.717, 1.165) is 14.5 Å². The van der Waals surface area contributed by atoms with Crippen molar-refractivity contribution in [2.24, 2.45) is 0 Å². The maximum Gasteiger partial charge on any atom is 0.270 e. The monoisotopic (exact) mass is 382 g/mol. The Labute approximate surface area is 128 Å². The molecule has 2 rings (SSSR count). The van der Waals surface area contributed by atoms with Gasteiger partial charge in [0.25, 0.3) is 5.91 Å². The zero-order valence-corrected chi connectivity index (χ0v) is 13.4. The summed E-state index contributed by atoms with van der Waals surface area (Å²) in [4.78, 5) is 16.1. The molecule has 2 aromatic rings. The lowest BCUT2D eigenvalue weighted by molar-refractivity contribution is 0.0935. The first-order chi connectivity index (χ1) is 9.06. The second-order valence-electron chi connectivity index (χ2n) is 4.11. The molecule has 1 atom stereocenters. The summed E-state index contributed by atoms with van der Waals surface area (Å²) in [5.41, 5.74) is 1.46. The molecule has 1 amide bonds. The van der Waals surface area contributed by atoms with Gasteiger partial charge in [0.1, 0.15) is 5.69 Å². The lowest BCUT2D eigenvalue weighted by Gasteiger charge is -2.14. The number of hydrogen-bond acceptors (Lipinski definition) is 2. The first-order valence-electron chi connectivity index (χ1n) is 5.74. The molecular formula is C14H12Br2N2O. The third kappa shape index (κ3) is 3.88. The van der Waals surface area contributed by atoms with Gasteiger partial charge in [-0.3, -0.25) is 4.79 Å². The summed E-state index contributed by atoms with van der Waals surface area (Å²) < 4.78 is 1.87. The van der Waals surface area contributed by atoms with Crippen molar-refractivity contribution in [2.75, 3.05) is 0 Å². The molecule has 0 saturated carbocycles. The second-order valence-corrected chi connectivity index (χ2v) is 5.94. The molecule has 1 aromatic heterocycles. The number of rotatable bonds is 3. The number of hydrogen-bond donors (Lipinski definition) is 1. The predicted octanol–water partition coefficient (Wildman–Crippen LogP) is 4.10. The number of benzene rings is 1. The van der Waals surface area contributed by atoms with Crippen molar-refractivity contribution in [1.82, 2.24) is 10.3 Å². The van der Waals surface area contributed by atoms with Crippen molar-refractivity contribution in [3.05, 3.63) is 62.8 Å². The van der Waals surface area contributed by atoms with E-state index in [-0.39, 0.29) is 11.9 Å². The van der Waals surface area contributed by atoms with Gasteiger partial charge in [-0.15, -0.1) is 0 Å². The highest BCUT2D eigenvalue weighted by atomic mass is 79.9. The van der Waals surface area contributed by atoms with Crippen LogP contribution in [0.2, 0.25) is 0 Å². The zero-order valence-electron chi connectivity index (χ0n) is 10.2. The van der Waals surface area contributed by atoms with E-state index in [2.05, 4.69) is 42.2 Å². The van der Waals surface area contributed by atoms with Gasteiger partial charge in [-0.1, -0.05) is 28.1 Å². The molecule has 0 bridgehead atoms. The fraction of sp³-hybridized carbons (Fsp3) is 0.143. The van der Waals surface area contributed by atoms with Crippen molar-refractivity contribution in [2.45, 2.75) is 13.0 Å². The highest BCUT2D eigenvalue weighted by molar-refractivity contribution is 9.10. The largest absolute Gasteiger partial charge is 0.344 e. The molecule has 1 heterocycles. The topological polar surface area (TPSA) is 42.0 Å². The molecule has 0 spiro atoms. The SMILES string of the molecule is C[C@H](NC(=O)c1ccc(Br)cn1)c1ccc(Br)cc1. The maximum absolute atomic E-state index is 12.0. The Balaban J connectivity index is 2.06. The number of halogens is 2. The predicted molar refractivity (Wildman–Crippen MR) is 82.0 cm³/mol. The van der Waals surface area contributed by atoms with Crippen molar-refractivity contribution in [3.8, 4) is 0 Å². The number of nitrogens with one attached hydrogen (secondary N) is 1. The van der Waals surface area contributed by atoms with E-state index in [0.29, 0.717) is 5.69 Å². The van der Waals surface area contributed by atoms with Gasteiger partial charge in [-0.05, 0) is 52.7 Å². The van der Waals surface area contributed by atoms with Crippen LogP contribution >= 0.6 is 31.9 Å². The average molecular weight is 384 g/mol. The third-order valence-corrected chi connectivity index (χ3v) is 3.68. The van der Waals surface area contributed by atoms with E-state index in [1.165, 1.54) is 0 Å². The van der Waals surface area contributed by atoms with Crippen LogP contribution in [-0.2, 0) is 0 Å². The minimum Gasteiger partial charge on any atom is -0.344 e. The van der Waals surface area contributed by atoms with Gasteiger partial charge in [0.05, 0.1) is 6.04 Å². The quantitative estimate of drug-likeness (QED) is 0.866. The van der Waals surface area contributed by atoms with E-state index < -0.39 is 0 Å². The van der Waals surface area contributed by atoms with E-state index in [4.69, 9.17) is 0 Å². The molecule has 98 valence electrons. The van der Waals surface area contributed by atoms with Gasteiger partial charge in [-0.2, -0.15) is 0 Å². The Morgan fingerprint density at radius 2 is 1.74 bits per heavy atom. The number of carbonyl (C=O) groups excluding carboxylic acids is 1. The third-order valence-electron chi connectivity index (χ3n) is 2.68. The highest BCUT2D eigenvalue weighted by Gasteiger charge is 2.12. The molecule has 0 aliphatic carbocycles. The summed E-state index contributed by atoms with van der Waals surface area (Å²) in [7, 11) is 0. The van der Waals surface area contributed by atoms with E-state index in [1.807, 2.05) is 31.2 Å². The molecule has 1 N–H and O–H groups in total. The van der Waals surface area contributed by atoms with Crippen LogP contribution in [0.5, 0.6) is 0 Å². The van der Waals surface area contributed by atoms with Gasteiger partial charge in [0.15, 0.2) is 0 Å². The van der Waals surface area contributed by atoms with Crippen LogP contribution < -0.4 is 5.32 Å². The number of pyridine rings is 1. The molecule has 0 fully saturated rings. The molecule has 1 aromatic carbocycles. The number of amides is 1. The molecule has 19 heavy (non-hydrogen) atoms. The molecular weight excluding hydrogens is 372 g/mol. The standard InChI is InChI=1S/C14H12Br2N2O/c1-9(10-2-4-11(15)5-3-10)18-14(19)13-7-6-12(16)8-17-13/h2-9H,1H3,(H,18,19)/t9-/m0/s1. The van der Waals surface area contributed by atoms with Crippen molar-refractivity contribution in [1.29, 1.82) is 0 Å². The van der Waals surface area contributed by atoms with Crippen LogP contribution in [0.25, 0.3) is 0 Å². The van der Waals surface area contributed by atoms with E-state index in [9.17, 15) is 4.79 Å². The summed E-state index contributed by atoms with van der Waals surface area (Å²) in [6, 6.07) is 11.3. The van der Waals surface area contributed by atoms with Crippen LogP contribution in [0, 0.1) is 0 Å². The smallest absolute Gasteiger partial charge is 0.270 e. The van der Waals surface area contributed by atoms with Crippen LogP contribution in [0.15, 0.2) is 51.5 Å². The van der Waals surface area contributed by atoms with Crippen LogP contribution in [0.4, 0.5) is 0 Å². The lowest BCUT2D eigenvalue weighted by Crippen LogP contribution is -2.27. The minimum absolute atomic E-state index is 0.0638. The highest BCUT2D eigenvalue weighted by Crippen LogP contribution is 2.17. The summed E-state index contributed by atoms with van der Waals surface area (Å²) in [5, 5.41) is 2.92. The lowest BCUT2D eigenvalue weighted by atomic mass is 10.1.